The van der Waals surface area contributed by atoms with Crippen LogP contribution in [0, 0.1) is 10.8 Å². The van der Waals surface area contributed by atoms with Gasteiger partial charge in [0.05, 0.1) is 24.3 Å². The van der Waals surface area contributed by atoms with Gasteiger partial charge in [-0.1, -0.05) is 71.9 Å². The molecule has 26 heavy (non-hydrogen) atoms. The van der Waals surface area contributed by atoms with E-state index in [-0.39, 0.29) is 35.2 Å². The highest BCUT2D eigenvalue weighted by atomic mass is 16.5. The van der Waals surface area contributed by atoms with Crippen LogP contribution in [0.2, 0.25) is 0 Å². The topological polar surface area (TPSA) is 52.6 Å². The Balaban J connectivity index is 2.43. The molecule has 0 N–H and O–H groups in total. The number of carbonyl (C=O) groups excluding carboxylic acids is 2. The first-order valence-electron chi connectivity index (χ1n) is 8.84. The van der Waals surface area contributed by atoms with Crippen LogP contribution in [0.15, 0.2) is 36.4 Å². The molecular formula is C22H28O4. The number of hydrogen-bond donors (Lipinski definition) is 0. The van der Waals surface area contributed by atoms with Crippen LogP contribution in [0.1, 0.15) is 62.3 Å². The van der Waals surface area contributed by atoms with Crippen LogP contribution in [0.4, 0.5) is 0 Å². The van der Waals surface area contributed by atoms with Gasteiger partial charge in [-0.15, -0.1) is 0 Å². The van der Waals surface area contributed by atoms with E-state index >= 15 is 0 Å². The molecule has 2 aromatic carbocycles. The molecule has 0 radical (unpaired) electrons. The summed E-state index contributed by atoms with van der Waals surface area (Å²) >= 11 is 0. The minimum atomic E-state index is -0.506. The van der Waals surface area contributed by atoms with Crippen molar-refractivity contribution in [2.45, 2.75) is 41.5 Å². The summed E-state index contributed by atoms with van der Waals surface area (Å²) in [4.78, 5) is 25.4. The smallest absolute Gasteiger partial charge is 0.339 e. The van der Waals surface area contributed by atoms with Crippen molar-refractivity contribution in [2.75, 3.05) is 13.2 Å². The minimum Gasteiger partial charge on any atom is -0.462 e. The van der Waals surface area contributed by atoms with Gasteiger partial charge in [-0.3, -0.25) is 0 Å². The van der Waals surface area contributed by atoms with Gasteiger partial charge in [0.1, 0.15) is 0 Å². The Kier molecular flexibility index (Phi) is 5.74. The van der Waals surface area contributed by atoms with E-state index in [1.54, 1.807) is 6.07 Å². The maximum absolute atomic E-state index is 12.8. The van der Waals surface area contributed by atoms with E-state index in [9.17, 15) is 9.59 Å². The van der Waals surface area contributed by atoms with Crippen LogP contribution >= 0.6 is 0 Å². The molecule has 0 aromatic heterocycles. The van der Waals surface area contributed by atoms with Crippen molar-refractivity contribution in [3.8, 4) is 0 Å². The molecule has 2 rings (SSSR count). The average Bonchev–Trinajstić information content (AvgIpc) is 2.55. The van der Waals surface area contributed by atoms with Gasteiger partial charge in [-0.2, -0.15) is 0 Å². The summed E-state index contributed by atoms with van der Waals surface area (Å²) in [7, 11) is 0. The Labute approximate surface area is 155 Å². The van der Waals surface area contributed by atoms with Crippen LogP contribution in [-0.2, 0) is 9.47 Å². The highest BCUT2D eigenvalue weighted by molar-refractivity contribution is 6.12. The van der Waals surface area contributed by atoms with Crippen molar-refractivity contribution in [1.29, 1.82) is 0 Å². The number of benzene rings is 2. The first-order valence-corrected chi connectivity index (χ1v) is 8.84. The quantitative estimate of drug-likeness (QED) is 0.703. The largest absolute Gasteiger partial charge is 0.462 e. The SMILES string of the molecule is CC(C)(C)COC(=O)c1ccc2ccccc2c1C(=O)OCC(C)(C)C. The molecule has 0 atom stereocenters. The molecule has 0 amide bonds. The summed E-state index contributed by atoms with van der Waals surface area (Å²) in [6.07, 6.45) is 0. The van der Waals surface area contributed by atoms with Gasteiger partial charge < -0.3 is 9.47 Å². The normalized spacial score (nSPS) is 12.1. The number of fused-ring (bicyclic) bond motifs is 1. The van der Waals surface area contributed by atoms with E-state index in [4.69, 9.17) is 9.47 Å². The lowest BCUT2D eigenvalue weighted by Gasteiger charge is -2.20. The summed E-state index contributed by atoms with van der Waals surface area (Å²) in [5.74, 6) is -1.01. The standard InChI is InChI=1S/C22H28O4/c1-21(2,3)13-25-19(23)17-12-11-15-9-7-8-10-16(15)18(17)20(24)26-14-22(4,5)6/h7-12H,13-14H2,1-6H3. The molecule has 0 fully saturated rings. The Morgan fingerprint density at radius 1 is 0.769 bits per heavy atom. The van der Waals surface area contributed by atoms with E-state index in [1.165, 1.54) is 0 Å². The van der Waals surface area contributed by atoms with Crippen molar-refractivity contribution < 1.29 is 19.1 Å². The molecule has 0 saturated heterocycles. The molecule has 0 aliphatic heterocycles. The van der Waals surface area contributed by atoms with Gasteiger partial charge in [-0.05, 0) is 27.7 Å². The lowest BCUT2D eigenvalue weighted by atomic mass is 9.97. The van der Waals surface area contributed by atoms with Crippen molar-refractivity contribution >= 4 is 22.7 Å². The summed E-state index contributed by atoms with van der Waals surface area (Å²) in [5, 5.41) is 1.57. The minimum absolute atomic E-state index is 0.153. The monoisotopic (exact) mass is 356 g/mol. The Morgan fingerprint density at radius 3 is 1.88 bits per heavy atom. The summed E-state index contributed by atoms with van der Waals surface area (Å²) in [6.45, 7) is 12.5. The lowest BCUT2D eigenvalue weighted by Crippen LogP contribution is -2.22. The molecule has 140 valence electrons. The number of esters is 2. The van der Waals surface area contributed by atoms with Gasteiger partial charge in [0.2, 0.25) is 0 Å². The van der Waals surface area contributed by atoms with Crippen LogP contribution in [-0.4, -0.2) is 25.2 Å². The van der Waals surface area contributed by atoms with Crippen LogP contribution in [0.25, 0.3) is 10.8 Å². The fourth-order valence-electron chi connectivity index (χ4n) is 2.38. The fraction of sp³-hybridized carbons (Fsp3) is 0.455. The first kappa shape index (κ1) is 20.0. The van der Waals surface area contributed by atoms with Crippen LogP contribution in [0.3, 0.4) is 0 Å². The Bertz CT molecular complexity index is 807. The maximum Gasteiger partial charge on any atom is 0.339 e. The van der Waals surface area contributed by atoms with Crippen molar-refractivity contribution in [3.63, 3.8) is 0 Å². The lowest BCUT2D eigenvalue weighted by molar-refractivity contribution is 0.0324. The highest BCUT2D eigenvalue weighted by Gasteiger charge is 2.25. The maximum atomic E-state index is 12.8. The van der Waals surface area contributed by atoms with Crippen LogP contribution in [0.5, 0.6) is 0 Å². The molecule has 0 aliphatic rings. The third kappa shape index (κ3) is 5.32. The van der Waals surface area contributed by atoms with Crippen molar-refractivity contribution in [1.82, 2.24) is 0 Å². The number of rotatable bonds is 4. The van der Waals surface area contributed by atoms with Gasteiger partial charge in [0, 0.05) is 0 Å². The third-order valence-corrected chi connectivity index (χ3v) is 3.63. The van der Waals surface area contributed by atoms with Gasteiger partial charge in [0.25, 0.3) is 0 Å². The molecule has 0 spiro atoms. The number of ether oxygens (including phenoxy) is 2. The molecular weight excluding hydrogens is 328 g/mol. The average molecular weight is 356 g/mol. The van der Waals surface area contributed by atoms with E-state index in [1.807, 2.05) is 71.9 Å². The third-order valence-electron chi connectivity index (χ3n) is 3.63. The fourth-order valence-corrected chi connectivity index (χ4v) is 2.38. The number of carbonyl (C=O) groups is 2. The second kappa shape index (κ2) is 7.48. The predicted molar refractivity (Wildman–Crippen MR) is 103 cm³/mol. The Hall–Kier alpha value is -2.36. The van der Waals surface area contributed by atoms with Crippen LogP contribution < -0.4 is 0 Å². The highest BCUT2D eigenvalue weighted by Crippen LogP contribution is 2.26. The summed E-state index contributed by atoms with van der Waals surface area (Å²) in [5.41, 5.74) is 0.199. The second-order valence-electron chi connectivity index (χ2n) is 8.98. The van der Waals surface area contributed by atoms with Gasteiger partial charge in [-0.25, -0.2) is 9.59 Å². The van der Waals surface area contributed by atoms with E-state index in [0.717, 1.165) is 5.39 Å². The first-order chi connectivity index (χ1) is 12.0. The zero-order valence-electron chi connectivity index (χ0n) is 16.5. The second-order valence-corrected chi connectivity index (χ2v) is 8.98. The van der Waals surface area contributed by atoms with Crippen molar-refractivity contribution in [2.24, 2.45) is 10.8 Å². The molecule has 0 aliphatic carbocycles. The van der Waals surface area contributed by atoms with Crippen molar-refractivity contribution in [3.05, 3.63) is 47.5 Å². The molecule has 0 heterocycles. The van der Waals surface area contributed by atoms with Gasteiger partial charge >= 0.3 is 11.9 Å². The molecule has 0 bridgehead atoms. The molecule has 4 heteroatoms. The van der Waals surface area contributed by atoms with E-state index in [0.29, 0.717) is 5.39 Å². The predicted octanol–water partition coefficient (Wildman–Crippen LogP) is 5.25. The molecule has 0 unspecified atom stereocenters. The zero-order chi connectivity index (χ0) is 19.5. The molecule has 0 saturated carbocycles. The van der Waals surface area contributed by atoms with Gasteiger partial charge in [0.15, 0.2) is 0 Å². The summed E-state index contributed by atoms with van der Waals surface area (Å²) < 4.78 is 10.9. The number of hydrogen-bond acceptors (Lipinski definition) is 4. The van der Waals surface area contributed by atoms with E-state index < -0.39 is 11.9 Å². The molecule has 2 aromatic rings. The summed E-state index contributed by atoms with van der Waals surface area (Å²) in [6, 6.07) is 10.9. The Morgan fingerprint density at radius 2 is 1.31 bits per heavy atom. The zero-order valence-corrected chi connectivity index (χ0v) is 16.5. The molecule has 4 nitrogen and oxygen atoms in total. The van der Waals surface area contributed by atoms with E-state index in [2.05, 4.69) is 0 Å².